The van der Waals surface area contributed by atoms with Crippen LogP contribution in [0, 0.1) is 0 Å². The number of pyridine rings is 1. The number of aromatic nitrogens is 5. The zero-order valence-corrected chi connectivity index (χ0v) is 21.5. The topological polar surface area (TPSA) is 96.1 Å². The smallest absolute Gasteiger partial charge is 0.253 e. The third-order valence-corrected chi connectivity index (χ3v) is 8.14. The van der Waals surface area contributed by atoms with Crippen molar-refractivity contribution in [3.05, 3.63) is 75.7 Å². The normalized spacial score (nSPS) is 18.9. The Morgan fingerprint density at radius 2 is 1.92 bits per heavy atom. The van der Waals surface area contributed by atoms with E-state index in [-0.39, 0.29) is 11.6 Å². The van der Waals surface area contributed by atoms with Crippen molar-refractivity contribution in [3.63, 3.8) is 0 Å². The first-order valence-corrected chi connectivity index (χ1v) is 13.6. The molecule has 1 aromatic carbocycles. The van der Waals surface area contributed by atoms with E-state index < -0.39 is 0 Å². The predicted octanol–water partition coefficient (Wildman–Crippen LogP) is 3.76. The van der Waals surface area contributed by atoms with Crippen molar-refractivity contribution in [2.24, 2.45) is 0 Å². The van der Waals surface area contributed by atoms with Gasteiger partial charge in [0.2, 0.25) is 0 Å². The standard InChI is InChI=1S/C28H35N7O2/c1-2-20-10-11-25-21(17-20)18-24(28(36)29-25)26(27-30-31-32-35(27)19-23-9-6-16-37-23)34-14-12-33(13-15-34)22-7-4-3-5-8-22/h6,9-11,16-18,22,26H,2-5,7-8,12-15,19H2,1H3,(H,29,36)/t26-/m0/s1. The Morgan fingerprint density at radius 1 is 1.08 bits per heavy atom. The van der Waals surface area contributed by atoms with E-state index in [0.717, 1.165) is 49.3 Å². The van der Waals surface area contributed by atoms with Crippen molar-refractivity contribution in [1.82, 2.24) is 35.0 Å². The third-order valence-electron chi connectivity index (χ3n) is 8.14. The number of rotatable bonds is 7. The Morgan fingerprint density at radius 3 is 2.68 bits per heavy atom. The SMILES string of the molecule is CCc1ccc2[nH]c(=O)c([C@@H](c3nnnn3Cc3ccco3)N3CCN(C4CCCCC4)CC3)cc2c1. The number of fused-ring (bicyclic) bond motifs is 1. The summed E-state index contributed by atoms with van der Waals surface area (Å²) >= 11 is 0. The fourth-order valence-electron chi connectivity index (χ4n) is 6.07. The van der Waals surface area contributed by atoms with Crippen LogP contribution in [0.1, 0.15) is 67.8 Å². The first kappa shape index (κ1) is 24.1. The van der Waals surface area contributed by atoms with Gasteiger partial charge >= 0.3 is 0 Å². The van der Waals surface area contributed by atoms with E-state index in [2.05, 4.69) is 49.4 Å². The van der Waals surface area contributed by atoms with E-state index >= 15 is 0 Å². The zero-order valence-electron chi connectivity index (χ0n) is 21.5. The van der Waals surface area contributed by atoms with Gasteiger partial charge in [0.05, 0.1) is 6.26 Å². The van der Waals surface area contributed by atoms with Gasteiger partial charge in [-0.1, -0.05) is 32.3 Å². The molecule has 4 heterocycles. The molecule has 1 N–H and O–H groups in total. The van der Waals surface area contributed by atoms with E-state index in [1.54, 1.807) is 10.9 Å². The number of aryl methyl sites for hydroxylation is 1. The number of piperazine rings is 1. The van der Waals surface area contributed by atoms with Gasteiger partial charge in [0.15, 0.2) is 5.82 Å². The summed E-state index contributed by atoms with van der Waals surface area (Å²) in [5.41, 5.74) is 2.68. The summed E-state index contributed by atoms with van der Waals surface area (Å²) in [5, 5.41) is 13.8. The molecule has 2 aliphatic rings. The van der Waals surface area contributed by atoms with Crippen LogP contribution in [0.25, 0.3) is 10.9 Å². The molecule has 3 aromatic heterocycles. The van der Waals surface area contributed by atoms with Crippen LogP contribution < -0.4 is 5.56 Å². The van der Waals surface area contributed by atoms with Gasteiger partial charge in [-0.15, -0.1) is 5.10 Å². The van der Waals surface area contributed by atoms with Crippen molar-refractivity contribution < 1.29 is 4.42 Å². The Bertz CT molecular complexity index is 1380. The minimum atomic E-state index is -0.350. The second kappa shape index (κ2) is 10.6. The number of H-pyrrole nitrogens is 1. The molecule has 1 aliphatic carbocycles. The summed E-state index contributed by atoms with van der Waals surface area (Å²) in [4.78, 5) is 21.7. The van der Waals surface area contributed by atoms with Crippen molar-refractivity contribution in [2.75, 3.05) is 26.2 Å². The van der Waals surface area contributed by atoms with Gasteiger partial charge in [-0.05, 0) is 71.0 Å². The molecule has 37 heavy (non-hydrogen) atoms. The quantitative estimate of drug-likeness (QED) is 0.412. The maximum absolute atomic E-state index is 13.5. The van der Waals surface area contributed by atoms with Gasteiger partial charge in [0, 0.05) is 43.3 Å². The molecule has 1 saturated carbocycles. The first-order chi connectivity index (χ1) is 18.2. The van der Waals surface area contributed by atoms with Crippen LogP contribution in [0.15, 0.2) is 51.9 Å². The number of aromatic amines is 1. The van der Waals surface area contributed by atoms with Crippen LogP contribution in [-0.4, -0.2) is 67.2 Å². The Labute approximate surface area is 216 Å². The van der Waals surface area contributed by atoms with Crippen LogP contribution in [0.5, 0.6) is 0 Å². The second-order valence-electron chi connectivity index (χ2n) is 10.4. The fourth-order valence-corrected chi connectivity index (χ4v) is 6.07. The van der Waals surface area contributed by atoms with Crippen LogP contribution in [0.3, 0.4) is 0 Å². The molecule has 6 rings (SSSR count). The molecule has 0 spiro atoms. The van der Waals surface area contributed by atoms with E-state index in [4.69, 9.17) is 4.42 Å². The van der Waals surface area contributed by atoms with Crippen LogP contribution in [0.4, 0.5) is 0 Å². The summed E-state index contributed by atoms with van der Waals surface area (Å²) in [6.45, 7) is 6.27. The third kappa shape index (κ3) is 4.98. The van der Waals surface area contributed by atoms with Crippen LogP contribution >= 0.6 is 0 Å². The van der Waals surface area contributed by atoms with Gasteiger partial charge in [0.1, 0.15) is 18.3 Å². The average molecular weight is 502 g/mol. The molecular weight excluding hydrogens is 466 g/mol. The average Bonchev–Trinajstić information content (AvgIpc) is 3.63. The molecule has 9 nitrogen and oxygen atoms in total. The van der Waals surface area contributed by atoms with Gasteiger partial charge in [-0.2, -0.15) is 0 Å². The number of benzene rings is 1. The minimum absolute atomic E-state index is 0.0935. The fraction of sp³-hybridized carbons (Fsp3) is 0.500. The highest BCUT2D eigenvalue weighted by molar-refractivity contribution is 5.80. The largest absolute Gasteiger partial charge is 0.467 e. The van der Waals surface area contributed by atoms with Crippen molar-refractivity contribution in [3.8, 4) is 0 Å². The molecule has 0 radical (unpaired) electrons. The molecule has 1 atom stereocenters. The molecule has 4 aromatic rings. The summed E-state index contributed by atoms with van der Waals surface area (Å²) in [6, 6.07) is 12.4. The van der Waals surface area contributed by atoms with Gasteiger partial charge in [-0.3, -0.25) is 14.6 Å². The van der Waals surface area contributed by atoms with Crippen molar-refractivity contribution in [1.29, 1.82) is 0 Å². The lowest BCUT2D eigenvalue weighted by molar-refractivity contribution is 0.0617. The minimum Gasteiger partial charge on any atom is -0.467 e. The monoisotopic (exact) mass is 501 g/mol. The summed E-state index contributed by atoms with van der Waals surface area (Å²) in [5.74, 6) is 1.44. The predicted molar refractivity (Wildman–Crippen MR) is 141 cm³/mol. The Kier molecular flexibility index (Phi) is 6.89. The number of nitrogens with zero attached hydrogens (tertiary/aromatic N) is 6. The number of nitrogens with one attached hydrogen (secondary N) is 1. The highest BCUT2D eigenvalue weighted by Gasteiger charge is 2.34. The summed E-state index contributed by atoms with van der Waals surface area (Å²) in [7, 11) is 0. The van der Waals surface area contributed by atoms with E-state index in [0.29, 0.717) is 24.0 Å². The molecule has 1 saturated heterocycles. The maximum atomic E-state index is 13.5. The Hall–Kier alpha value is -3.30. The second-order valence-corrected chi connectivity index (χ2v) is 10.4. The maximum Gasteiger partial charge on any atom is 0.253 e. The van der Waals surface area contributed by atoms with Gasteiger partial charge < -0.3 is 9.40 Å². The van der Waals surface area contributed by atoms with E-state index in [9.17, 15) is 4.79 Å². The van der Waals surface area contributed by atoms with E-state index in [1.807, 2.05) is 24.3 Å². The molecule has 1 aliphatic heterocycles. The molecule has 2 fully saturated rings. The van der Waals surface area contributed by atoms with Crippen molar-refractivity contribution in [2.45, 2.75) is 64.1 Å². The summed E-state index contributed by atoms with van der Waals surface area (Å²) in [6.07, 6.45) is 9.23. The summed E-state index contributed by atoms with van der Waals surface area (Å²) < 4.78 is 7.34. The molecule has 0 unspecified atom stereocenters. The van der Waals surface area contributed by atoms with Crippen LogP contribution in [-0.2, 0) is 13.0 Å². The lowest BCUT2D eigenvalue weighted by atomic mass is 9.93. The first-order valence-electron chi connectivity index (χ1n) is 13.6. The van der Waals surface area contributed by atoms with E-state index in [1.165, 1.54) is 37.7 Å². The molecule has 0 bridgehead atoms. The molecule has 194 valence electrons. The van der Waals surface area contributed by atoms with Gasteiger partial charge in [0.25, 0.3) is 5.56 Å². The van der Waals surface area contributed by atoms with Gasteiger partial charge in [-0.25, -0.2) is 4.68 Å². The highest BCUT2D eigenvalue weighted by Crippen LogP contribution is 2.30. The molecule has 9 heteroatoms. The number of hydrogen-bond acceptors (Lipinski definition) is 7. The lowest BCUT2D eigenvalue weighted by Crippen LogP contribution is -2.52. The number of hydrogen-bond donors (Lipinski definition) is 1. The highest BCUT2D eigenvalue weighted by atomic mass is 16.3. The lowest BCUT2D eigenvalue weighted by Gasteiger charge is -2.42. The molecule has 0 amide bonds. The van der Waals surface area contributed by atoms with Crippen molar-refractivity contribution >= 4 is 10.9 Å². The zero-order chi connectivity index (χ0) is 25.2. The Balaban J connectivity index is 1.37. The number of tetrazole rings is 1. The molecular formula is C28H35N7O2. The number of furan rings is 1. The van der Waals surface area contributed by atoms with Crippen LogP contribution in [0.2, 0.25) is 0 Å².